The van der Waals surface area contributed by atoms with E-state index in [4.69, 9.17) is 4.74 Å². The lowest BCUT2D eigenvalue weighted by molar-refractivity contribution is -0.115. The van der Waals surface area contributed by atoms with Crippen LogP contribution in [0.25, 0.3) is 0 Å². The lowest BCUT2D eigenvalue weighted by atomic mass is 10.2. The van der Waals surface area contributed by atoms with Crippen molar-refractivity contribution in [3.8, 4) is 5.75 Å². The maximum Gasteiger partial charge on any atom is 0.338 e. The molecule has 0 saturated carbocycles. The third kappa shape index (κ3) is 6.24. The smallest absolute Gasteiger partial charge is 0.338 e. The topological polar surface area (TPSA) is 117 Å². The van der Waals surface area contributed by atoms with Gasteiger partial charge in [-0.15, -0.1) is 0 Å². The number of ether oxygens (including phenoxy) is 1. The molecular weight excluding hydrogens is 362 g/mol. The Morgan fingerprint density at radius 2 is 1.79 bits per heavy atom. The van der Waals surface area contributed by atoms with Gasteiger partial charge in [0.2, 0.25) is 5.91 Å². The van der Waals surface area contributed by atoms with Gasteiger partial charge in [-0.1, -0.05) is 6.07 Å². The molecule has 8 nitrogen and oxygen atoms in total. The highest BCUT2D eigenvalue weighted by atomic mass is 16.5. The van der Waals surface area contributed by atoms with Crippen molar-refractivity contribution in [2.45, 2.75) is 20.3 Å². The highest BCUT2D eigenvalue weighted by Gasteiger charge is 2.09. The van der Waals surface area contributed by atoms with E-state index in [-0.39, 0.29) is 30.2 Å². The van der Waals surface area contributed by atoms with Crippen molar-refractivity contribution in [3.05, 3.63) is 59.7 Å². The molecule has 0 fully saturated rings. The number of nitrogens with zero attached hydrogens (tertiary/aromatic N) is 1. The van der Waals surface area contributed by atoms with Crippen molar-refractivity contribution < 1.29 is 24.2 Å². The van der Waals surface area contributed by atoms with Gasteiger partial charge in [-0.2, -0.15) is 5.10 Å². The number of hydrogen-bond donors (Lipinski definition) is 3. The van der Waals surface area contributed by atoms with E-state index in [0.717, 1.165) is 0 Å². The van der Waals surface area contributed by atoms with Crippen molar-refractivity contribution in [2.24, 2.45) is 5.10 Å². The Hall–Kier alpha value is -3.68. The number of aromatic hydroxyl groups is 1. The van der Waals surface area contributed by atoms with E-state index >= 15 is 0 Å². The summed E-state index contributed by atoms with van der Waals surface area (Å²) in [4.78, 5) is 35.6. The van der Waals surface area contributed by atoms with Crippen LogP contribution in [0.2, 0.25) is 0 Å². The average Bonchev–Trinajstić information content (AvgIpc) is 2.66. The molecule has 0 aromatic heterocycles. The van der Waals surface area contributed by atoms with Crippen LogP contribution in [0.15, 0.2) is 53.6 Å². The van der Waals surface area contributed by atoms with Crippen LogP contribution < -0.4 is 10.7 Å². The van der Waals surface area contributed by atoms with E-state index in [9.17, 15) is 19.5 Å². The number of anilines is 1. The Morgan fingerprint density at radius 3 is 2.43 bits per heavy atom. The van der Waals surface area contributed by atoms with Crippen LogP contribution in [0.1, 0.15) is 41.0 Å². The number of amides is 2. The van der Waals surface area contributed by atoms with E-state index in [0.29, 0.717) is 17.0 Å². The van der Waals surface area contributed by atoms with Crippen molar-refractivity contribution in [1.29, 1.82) is 0 Å². The predicted molar refractivity (Wildman–Crippen MR) is 104 cm³/mol. The van der Waals surface area contributed by atoms with Crippen molar-refractivity contribution in [1.82, 2.24) is 5.43 Å². The minimum atomic E-state index is -0.495. The first kappa shape index (κ1) is 20.6. The number of esters is 1. The van der Waals surface area contributed by atoms with Gasteiger partial charge in [-0.05, 0) is 56.3 Å². The molecule has 0 aliphatic carbocycles. The number of phenolic OH excluding ortho intramolecular Hbond substituents is 1. The molecule has 8 heteroatoms. The van der Waals surface area contributed by atoms with E-state index in [1.807, 2.05) is 0 Å². The first-order valence-electron chi connectivity index (χ1n) is 8.58. The van der Waals surface area contributed by atoms with Crippen LogP contribution in [0, 0.1) is 0 Å². The summed E-state index contributed by atoms with van der Waals surface area (Å²) in [7, 11) is 0. The van der Waals surface area contributed by atoms with E-state index in [2.05, 4.69) is 15.8 Å². The van der Waals surface area contributed by atoms with Crippen molar-refractivity contribution in [2.75, 3.05) is 11.9 Å². The normalized spacial score (nSPS) is 10.9. The zero-order valence-corrected chi connectivity index (χ0v) is 15.6. The minimum Gasteiger partial charge on any atom is -0.508 e. The molecule has 0 saturated heterocycles. The molecule has 2 aromatic rings. The fraction of sp³-hybridized carbons (Fsp3) is 0.200. The molecule has 0 unspecified atom stereocenters. The molecule has 0 spiro atoms. The number of rotatable bonds is 7. The fourth-order valence-corrected chi connectivity index (χ4v) is 2.24. The van der Waals surface area contributed by atoms with Crippen molar-refractivity contribution >= 4 is 29.2 Å². The Morgan fingerprint density at radius 1 is 1.07 bits per heavy atom. The molecule has 3 N–H and O–H groups in total. The average molecular weight is 383 g/mol. The molecule has 0 bridgehead atoms. The molecular formula is C20H21N3O5. The molecule has 0 radical (unpaired) electrons. The molecule has 0 heterocycles. The number of carbonyl (C=O) groups is 3. The highest BCUT2D eigenvalue weighted by Crippen LogP contribution is 2.12. The fourth-order valence-electron chi connectivity index (χ4n) is 2.24. The Labute approximate surface area is 162 Å². The standard InChI is InChI=1S/C20H21N3O5/c1-3-28-20(27)14-7-9-16(10-8-14)21-18(25)11-13(2)22-23-19(26)15-5-4-6-17(24)12-15/h4-10,12,24H,3,11H2,1-2H3,(H,21,25)(H,23,26). The molecule has 146 valence electrons. The van der Waals surface area contributed by atoms with Gasteiger partial charge < -0.3 is 15.2 Å². The summed E-state index contributed by atoms with van der Waals surface area (Å²) in [5.41, 5.74) is 3.90. The van der Waals surface area contributed by atoms with Gasteiger partial charge in [-0.3, -0.25) is 9.59 Å². The van der Waals surface area contributed by atoms with E-state index < -0.39 is 11.9 Å². The van der Waals surface area contributed by atoms with E-state index in [1.165, 1.54) is 18.2 Å². The van der Waals surface area contributed by atoms with Gasteiger partial charge in [0.25, 0.3) is 5.91 Å². The second-order valence-corrected chi connectivity index (χ2v) is 5.86. The maximum absolute atomic E-state index is 12.1. The van der Waals surface area contributed by atoms with Crippen LogP contribution in [-0.2, 0) is 9.53 Å². The third-order valence-corrected chi connectivity index (χ3v) is 3.55. The Balaban J connectivity index is 1.87. The number of carbonyl (C=O) groups excluding carboxylic acids is 3. The molecule has 28 heavy (non-hydrogen) atoms. The minimum absolute atomic E-state index is 0.0262. The Bertz CT molecular complexity index is 891. The monoisotopic (exact) mass is 383 g/mol. The van der Waals surface area contributed by atoms with Gasteiger partial charge in [0.15, 0.2) is 0 Å². The van der Waals surface area contributed by atoms with Crippen molar-refractivity contribution in [3.63, 3.8) is 0 Å². The zero-order valence-electron chi connectivity index (χ0n) is 15.6. The highest BCUT2D eigenvalue weighted by molar-refractivity contribution is 6.06. The number of hydrazone groups is 1. The third-order valence-electron chi connectivity index (χ3n) is 3.55. The largest absolute Gasteiger partial charge is 0.508 e. The van der Waals surface area contributed by atoms with Gasteiger partial charge in [0.05, 0.1) is 18.6 Å². The molecule has 0 aliphatic heterocycles. The van der Waals surface area contributed by atoms with Crippen LogP contribution in [0.4, 0.5) is 5.69 Å². The summed E-state index contributed by atoms with van der Waals surface area (Å²) in [6.07, 6.45) is -0.0278. The number of nitrogens with one attached hydrogen (secondary N) is 2. The number of phenols is 1. The van der Waals surface area contributed by atoms with Gasteiger partial charge in [0, 0.05) is 17.0 Å². The lowest BCUT2D eigenvalue weighted by Crippen LogP contribution is -2.21. The van der Waals surface area contributed by atoms with Gasteiger partial charge in [0.1, 0.15) is 5.75 Å². The Kier molecular flexibility index (Phi) is 7.27. The molecule has 2 rings (SSSR count). The van der Waals surface area contributed by atoms with Crippen LogP contribution in [0.3, 0.4) is 0 Å². The first-order chi connectivity index (χ1) is 13.4. The molecule has 0 aliphatic rings. The van der Waals surface area contributed by atoms with Gasteiger partial charge in [-0.25, -0.2) is 10.2 Å². The maximum atomic E-state index is 12.1. The first-order valence-corrected chi connectivity index (χ1v) is 8.58. The second kappa shape index (κ2) is 9.86. The summed E-state index contributed by atoms with van der Waals surface area (Å²) >= 11 is 0. The van der Waals surface area contributed by atoms with Crippen LogP contribution in [0.5, 0.6) is 5.75 Å². The summed E-state index contributed by atoms with van der Waals surface area (Å²) in [5.74, 6) is -1.27. The second-order valence-electron chi connectivity index (χ2n) is 5.86. The quantitative estimate of drug-likeness (QED) is 0.386. The lowest BCUT2D eigenvalue weighted by Gasteiger charge is -2.07. The van der Waals surface area contributed by atoms with Crippen LogP contribution >= 0.6 is 0 Å². The zero-order chi connectivity index (χ0) is 20.5. The summed E-state index contributed by atoms with van der Waals surface area (Å²) in [6.45, 7) is 3.62. The molecule has 2 amide bonds. The number of hydrogen-bond acceptors (Lipinski definition) is 6. The predicted octanol–water partition coefficient (Wildman–Crippen LogP) is 2.70. The molecule has 0 atom stereocenters. The summed E-state index contributed by atoms with van der Waals surface area (Å²) < 4.78 is 4.90. The SMILES string of the molecule is CCOC(=O)c1ccc(NC(=O)CC(C)=NNC(=O)c2cccc(O)c2)cc1. The summed E-state index contributed by atoms with van der Waals surface area (Å²) in [6, 6.07) is 12.2. The van der Waals surface area contributed by atoms with Gasteiger partial charge >= 0.3 is 5.97 Å². The molecule has 2 aromatic carbocycles. The summed E-state index contributed by atoms with van der Waals surface area (Å²) in [5, 5.41) is 15.9. The van der Waals surface area contributed by atoms with Crippen LogP contribution in [-0.4, -0.2) is 35.2 Å². The number of benzene rings is 2. The van der Waals surface area contributed by atoms with E-state index in [1.54, 1.807) is 44.2 Å².